The molecule has 0 aliphatic carbocycles. The molecular formula is C21H28N2O3S2. The van der Waals surface area contributed by atoms with Gasteiger partial charge in [-0.15, -0.1) is 0 Å². The number of rotatable bonds is 7. The van der Waals surface area contributed by atoms with Crippen LogP contribution in [0.4, 0.5) is 5.69 Å². The van der Waals surface area contributed by atoms with Crippen molar-refractivity contribution in [2.24, 2.45) is 0 Å². The zero-order chi connectivity index (χ0) is 20.9. The number of carbonyl (C=O) groups excluding carboxylic acids is 1. The molecule has 7 heteroatoms. The normalized spacial score (nSPS) is 11.9. The molecule has 0 atom stereocenters. The van der Waals surface area contributed by atoms with Crippen molar-refractivity contribution in [1.82, 2.24) is 5.32 Å². The van der Waals surface area contributed by atoms with Gasteiger partial charge in [-0.2, -0.15) is 11.8 Å². The van der Waals surface area contributed by atoms with Crippen LogP contribution in [0.5, 0.6) is 0 Å². The first-order valence-electron chi connectivity index (χ1n) is 9.11. The molecule has 0 spiro atoms. The van der Waals surface area contributed by atoms with Gasteiger partial charge in [0.25, 0.3) is 15.9 Å². The number of sulfonamides is 1. The summed E-state index contributed by atoms with van der Waals surface area (Å²) in [5.41, 5.74) is 2.27. The van der Waals surface area contributed by atoms with Crippen molar-refractivity contribution in [3.05, 3.63) is 59.2 Å². The van der Waals surface area contributed by atoms with Gasteiger partial charge in [-0.1, -0.05) is 45.0 Å². The number of aryl methyl sites for hydroxylation is 2. The van der Waals surface area contributed by atoms with Gasteiger partial charge in [-0.25, -0.2) is 8.42 Å². The second-order valence-corrected chi connectivity index (χ2v) is 11.2. The van der Waals surface area contributed by atoms with Gasteiger partial charge < -0.3 is 5.32 Å². The van der Waals surface area contributed by atoms with Gasteiger partial charge >= 0.3 is 0 Å². The maximum Gasteiger partial charge on any atom is 0.262 e. The molecule has 0 aromatic heterocycles. The maximum absolute atomic E-state index is 12.9. The summed E-state index contributed by atoms with van der Waals surface area (Å²) in [7, 11) is -3.80. The average molecular weight is 421 g/mol. The molecular weight excluding hydrogens is 392 g/mol. The van der Waals surface area contributed by atoms with Gasteiger partial charge in [0.2, 0.25) is 0 Å². The lowest BCUT2D eigenvalue weighted by Crippen LogP contribution is -2.27. The van der Waals surface area contributed by atoms with E-state index in [0.29, 0.717) is 23.4 Å². The molecule has 5 nitrogen and oxygen atoms in total. The summed E-state index contributed by atoms with van der Waals surface area (Å²) in [4.78, 5) is 12.5. The third-order valence-corrected chi connectivity index (χ3v) is 6.83. The summed E-state index contributed by atoms with van der Waals surface area (Å²) in [6.07, 6.45) is 0. The lowest BCUT2D eigenvalue weighted by molar-refractivity contribution is 0.0956. The smallest absolute Gasteiger partial charge is 0.262 e. The molecule has 0 aliphatic rings. The Morgan fingerprint density at radius 3 is 2.36 bits per heavy atom. The number of anilines is 1. The van der Waals surface area contributed by atoms with Gasteiger partial charge in [0.1, 0.15) is 0 Å². The third-order valence-electron chi connectivity index (χ3n) is 4.05. The van der Waals surface area contributed by atoms with Crippen LogP contribution in [0.2, 0.25) is 0 Å². The van der Waals surface area contributed by atoms with E-state index in [-0.39, 0.29) is 15.5 Å². The Kier molecular flexibility index (Phi) is 7.17. The minimum Gasteiger partial charge on any atom is -0.351 e. The third kappa shape index (κ3) is 6.27. The molecule has 0 saturated heterocycles. The SMILES string of the molecule is Cc1ccccc1NS(=O)(=O)c1cc(C(=O)NCCSC(C)(C)C)ccc1C. The molecule has 0 bridgehead atoms. The molecule has 152 valence electrons. The van der Waals surface area contributed by atoms with E-state index in [2.05, 4.69) is 30.8 Å². The highest BCUT2D eigenvalue weighted by atomic mass is 32.2. The number of benzene rings is 2. The van der Waals surface area contributed by atoms with E-state index in [1.165, 1.54) is 6.07 Å². The fraction of sp³-hybridized carbons (Fsp3) is 0.381. The topological polar surface area (TPSA) is 75.3 Å². The van der Waals surface area contributed by atoms with E-state index in [1.807, 2.05) is 19.1 Å². The molecule has 0 radical (unpaired) electrons. The lowest BCUT2D eigenvalue weighted by Gasteiger charge is -2.17. The monoisotopic (exact) mass is 420 g/mol. The largest absolute Gasteiger partial charge is 0.351 e. The van der Waals surface area contributed by atoms with Gasteiger partial charge in [-0.05, 0) is 43.2 Å². The highest BCUT2D eigenvalue weighted by Crippen LogP contribution is 2.23. The lowest BCUT2D eigenvalue weighted by atomic mass is 10.1. The second-order valence-electron chi connectivity index (χ2n) is 7.62. The fourth-order valence-electron chi connectivity index (χ4n) is 2.54. The summed E-state index contributed by atoms with van der Waals surface area (Å²) in [5.74, 6) is 0.517. The molecule has 1 amide bonds. The van der Waals surface area contributed by atoms with Crippen LogP contribution in [-0.4, -0.2) is 31.4 Å². The average Bonchev–Trinajstić information content (AvgIpc) is 2.60. The van der Waals surface area contributed by atoms with E-state index < -0.39 is 10.0 Å². The van der Waals surface area contributed by atoms with Crippen molar-refractivity contribution < 1.29 is 13.2 Å². The quantitative estimate of drug-likeness (QED) is 0.653. The van der Waals surface area contributed by atoms with Crippen molar-refractivity contribution in [3.8, 4) is 0 Å². The van der Waals surface area contributed by atoms with E-state index >= 15 is 0 Å². The maximum atomic E-state index is 12.9. The number of hydrogen-bond donors (Lipinski definition) is 2. The first kappa shape index (κ1) is 22.3. The van der Waals surface area contributed by atoms with Crippen molar-refractivity contribution in [2.45, 2.75) is 44.3 Å². The number of para-hydroxylation sites is 1. The van der Waals surface area contributed by atoms with Crippen molar-refractivity contribution >= 4 is 33.4 Å². The minimum atomic E-state index is -3.80. The summed E-state index contributed by atoms with van der Waals surface area (Å²) in [6, 6.07) is 11.9. The number of thioether (sulfide) groups is 1. The fourth-order valence-corrected chi connectivity index (χ4v) is 4.76. The van der Waals surface area contributed by atoms with Gasteiger partial charge in [0, 0.05) is 22.6 Å². The van der Waals surface area contributed by atoms with Crippen molar-refractivity contribution in [2.75, 3.05) is 17.0 Å². The molecule has 0 saturated carbocycles. The standard InChI is InChI=1S/C21H28N2O3S2/c1-15-8-6-7-9-18(15)23-28(25,26)19-14-17(11-10-16(19)2)20(24)22-12-13-27-21(3,4)5/h6-11,14,23H,12-13H2,1-5H3,(H,22,24). The Hall–Kier alpha value is -1.99. The summed E-state index contributed by atoms with van der Waals surface area (Å²) in [6.45, 7) is 10.4. The first-order valence-corrected chi connectivity index (χ1v) is 11.6. The number of carbonyl (C=O) groups is 1. The highest BCUT2D eigenvalue weighted by molar-refractivity contribution is 8.00. The van der Waals surface area contributed by atoms with Gasteiger partial charge in [-0.3, -0.25) is 9.52 Å². The Bertz CT molecular complexity index is 948. The second kappa shape index (κ2) is 9.01. The van der Waals surface area contributed by atoms with Crippen LogP contribution >= 0.6 is 11.8 Å². The van der Waals surface area contributed by atoms with Crippen molar-refractivity contribution in [3.63, 3.8) is 0 Å². The Morgan fingerprint density at radius 1 is 1.04 bits per heavy atom. The predicted octanol–water partition coefficient (Wildman–Crippen LogP) is 4.37. The minimum absolute atomic E-state index is 0.104. The van der Waals surface area contributed by atoms with Crippen molar-refractivity contribution in [1.29, 1.82) is 0 Å². The van der Waals surface area contributed by atoms with Crippen LogP contribution < -0.4 is 10.0 Å². The van der Waals surface area contributed by atoms with Crippen LogP contribution in [0.15, 0.2) is 47.4 Å². The van der Waals surface area contributed by atoms with E-state index in [9.17, 15) is 13.2 Å². The zero-order valence-electron chi connectivity index (χ0n) is 17.0. The van der Waals surface area contributed by atoms with Gasteiger partial charge in [0.05, 0.1) is 10.6 Å². The number of nitrogens with one attached hydrogen (secondary N) is 2. The van der Waals surface area contributed by atoms with Crippen LogP contribution in [0, 0.1) is 13.8 Å². The molecule has 0 heterocycles. The first-order chi connectivity index (χ1) is 13.0. The van der Waals surface area contributed by atoms with Gasteiger partial charge in [0.15, 0.2) is 0 Å². The predicted molar refractivity (Wildman–Crippen MR) is 118 cm³/mol. The summed E-state index contributed by atoms with van der Waals surface area (Å²) < 4.78 is 28.5. The van der Waals surface area contributed by atoms with Crippen LogP contribution in [-0.2, 0) is 10.0 Å². The molecule has 0 aliphatic heterocycles. The molecule has 2 aromatic carbocycles. The molecule has 2 rings (SSSR count). The number of hydrogen-bond acceptors (Lipinski definition) is 4. The van der Waals surface area contributed by atoms with E-state index in [1.54, 1.807) is 43.0 Å². The summed E-state index contributed by atoms with van der Waals surface area (Å²) in [5, 5.41) is 2.85. The van der Waals surface area contributed by atoms with Crippen LogP contribution in [0.3, 0.4) is 0 Å². The van der Waals surface area contributed by atoms with Crippen LogP contribution in [0.25, 0.3) is 0 Å². The Morgan fingerprint density at radius 2 is 1.71 bits per heavy atom. The van der Waals surface area contributed by atoms with E-state index in [4.69, 9.17) is 0 Å². The Labute approximate surface area is 172 Å². The zero-order valence-corrected chi connectivity index (χ0v) is 18.6. The Balaban J connectivity index is 2.16. The summed E-state index contributed by atoms with van der Waals surface area (Å²) >= 11 is 1.76. The number of amides is 1. The molecule has 0 fully saturated rings. The molecule has 2 N–H and O–H groups in total. The molecule has 0 unspecified atom stereocenters. The molecule has 28 heavy (non-hydrogen) atoms. The molecule has 2 aromatic rings. The van der Waals surface area contributed by atoms with E-state index in [0.717, 1.165) is 11.3 Å². The van der Waals surface area contributed by atoms with Crippen LogP contribution in [0.1, 0.15) is 42.3 Å². The highest BCUT2D eigenvalue weighted by Gasteiger charge is 2.20.